The summed E-state index contributed by atoms with van der Waals surface area (Å²) in [7, 11) is 1.48. The van der Waals surface area contributed by atoms with Crippen molar-refractivity contribution in [2.24, 2.45) is 5.73 Å². The quantitative estimate of drug-likeness (QED) is 0.611. The Morgan fingerprint density at radius 3 is 2.73 bits per heavy atom. The predicted molar refractivity (Wildman–Crippen MR) is 79.0 cm³/mol. The molecule has 2 aromatic heterocycles. The Balaban J connectivity index is 2.43. The standard InChI is InChI=1S/C13H12N6O3/c1-22-7-5-3-2-4-6(7)19-11-9(17-13(19)21)8(10(14)20)16-12(15)18-11/h2-5H,1H3,(H2,14,20)(H,17,21)(H2,15,16,18). The molecule has 0 saturated heterocycles. The second-order valence-electron chi connectivity index (χ2n) is 4.43. The Morgan fingerprint density at radius 1 is 1.32 bits per heavy atom. The molecule has 0 radical (unpaired) electrons. The first-order valence-electron chi connectivity index (χ1n) is 6.24. The van der Waals surface area contributed by atoms with Crippen LogP contribution in [0, 0.1) is 0 Å². The number of nitrogens with two attached hydrogens (primary N) is 2. The third-order valence-corrected chi connectivity index (χ3v) is 3.11. The van der Waals surface area contributed by atoms with Crippen LogP contribution in [-0.4, -0.2) is 32.5 Å². The predicted octanol–water partition coefficient (Wildman–Crippen LogP) is -0.202. The molecule has 9 heteroatoms. The highest BCUT2D eigenvalue weighted by Gasteiger charge is 2.20. The number of methoxy groups -OCH3 is 1. The third kappa shape index (κ3) is 1.95. The van der Waals surface area contributed by atoms with E-state index in [4.69, 9.17) is 16.2 Å². The van der Waals surface area contributed by atoms with Gasteiger partial charge in [0, 0.05) is 0 Å². The molecule has 0 unspecified atom stereocenters. The van der Waals surface area contributed by atoms with Gasteiger partial charge in [0.2, 0.25) is 5.95 Å². The average molecular weight is 300 g/mol. The number of benzene rings is 1. The monoisotopic (exact) mass is 300 g/mol. The Bertz CT molecular complexity index is 943. The summed E-state index contributed by atoms with van der Waals surface area (Å²) in [5, 5.41) is 0. The molecule has 5 N–H and O–H groups in total. The number of hydrogen-bond acceptors (Lipinski definition) is 6. The van der Waals surface area contributed by atoms with Crippen LogP contribution in [0.25, 0.3) is 16.9 Å². The largest absolute Gasteiger partial charge is 0.495 e. The van der Waals surface area contributed by atoms with Crippen molar-refractivity contribution < 1.29 is 9.53 Å². The van der Waals surface area contributed by atoms with Crippen LogP contribution in [0.1, 0.15) is 10.5 Å². The van der Waals surface area contributed by atoms with Crippen molar-refractivity contribution in [1.82, 2.24) is 19.5 Å². The molecule has 1 aromatic carbocycles. The summed E-state index contributed by atoms with van der Waals surface area (Å²) in [6, 6.07) is 6.87. The van der Waals surface area contributed by atoms with E-state index in [1.54, 1.807) is 24.3 Å². The molecule has 1 amide bonds. The van der Waals surface area contributed by atoms with Gasteiger partial charge in [-0.3, -0.25) is 4.79 Å². The van der Waals surface area contributed by atoms with Crippen molar-refractivity contribution in [1.29, 1.82) is 0 Å². The molecule has 112 valence electrons. The lowest BCUT2D eigenvalue weighted by Gasteiger charge is -2.08. The summed E-state index contributed by atoms with van der Waals surface area (Å²) in [6.45, 7) is 0. The van der Waals surface area contributed by atoms with E-state index in [0.717, 1.165) is 0 Å². The number of imidazole rings is 1. The number of nitrogen functional groups attached to an aromatic ring is 1. The number of ether oxygens (including phenoxy) is 1. The van der Waals surface area contributed by atoms with Crippen molar-refractivity contribution >= 4 is 23.0 Å². The number of anilines is 1. The molecule has 0 aliphatic heterocycles. The molecule has 0 saturated carbocycles. The van der Waals surface area contributed by atoms with Crippen molar-refractivity contribution in [2.45, 2.75) is 0 Å². The Kier molecular flexibility index (Phi) is 3.02. The summed E-state index contributed by atoms with van der Waals surface area (Å²) in [6.07, 6.45) is 0. The van der Waals surface area contributed by atoms with Gasteiger partial charge >= 0.3 is 5.69 Å². The van der Waals surface area contributed by atoms with Crippen molar-refractivity contribution in [3.63, 3.8) is 0 Å². The second-order valence-corrected chi connectivity index (χ2v) is 4.43. The molecule has 0 spiro atoms. The van der Waals surface area contributed by atoms with Crippen molar-refractivity contribution in [3.8, 4) is 11.4 Å². The molecule has 2 heterocycles. The number of nitrogens with one attached hydrogen (secondary N) is 1. The zero-order valence-corrected chi connectivity index (χ0v) is 11.5. The average Bonchev–Trinajstić information content (AvgIpc) is 2.81. The third-order valence-electron chi connectivity index (χ3n) is 3.11. The van der Waals surface area contributed by atoms with Crippen LogP contribution < -0.4 is 21.9 Å². The van der Waals surface area contributed by atoms with Crippen LogP contribution >= 0.6 is 0 Å². The number of para-hydroxylation sites is 2. The Hall–Kier alpha value is -3.36. The van der Waals surface area contributed by atoms with Crippen molar-refractivity contribution in [2.75, 3.05) is 12.8 Å². The molecule has 3 rings (SSSR count). The minimum absolute atomic E-state index is 0.123. The zero-order valence-electron chi connectivity index (χ0n) is 11.5. The highest BCUT2D eigenvalue weighted by molar-refractivity contribution is 6.01. The van der Waals surface area contributed by atoms with Gasteiger partial charge in [0.1, 0.15) is 11.3 Å². The van der Waals surface area contributed by atoms with Gasteiger partial charge < -0.3 is 21.2 Å². The van der Waals surface area contributed by atoms with Gasteiger partial charge in [0.15, 0.2) is 11.3 Å². The fraction of sp³-hybridized carbons (Fsp3) is 0.0769. The first kappa shape index (κ1) is 13.6. The number of primary amides is 1. The molecule has 22 heavy (non-hydrogen) atoms. The molecule has 0 bridgehead atoms. The summed E-state index contributed by atoms with van der Waals surface area (Å²) in [5.74, 6) is -0.514. The van der Waals surface area contributed by atoms with Gasteiger partial charge in [0.25, 0.3) is 5.91 Å². The lowest BCUT2D eigenvalue weighted by molar-refractivity contribution is 0.0997. The highest BCUT2D eigenvalue weighted by atomic mass is 16.5. The second kappa shape index (κ2) is 4.88. The normalized spacial score (nSPS) is 10.8. The van der Waals surface area contributed by atoms with Crippen LogP contribution in [0.15, 0.2) is 29.1 Å². The minimum Gasteiger partial charge on any atom is -0.495 e. The van der Waals surface area contributed by atoms with Crippen LogP contribution in [0.5, 0.6) is 5.75 Å². The summed E-state index contributed by atoms with van der Waals surface area (Å²) in [4.78, 5) is 34.1. The van der Waals surface area contributed by atoms with Crippen LogP contribution in [-0.2, 0) is 0 Å². The maximum atomic E-state index is 12.3. The highest BCUT2D eigenvalue weighted by Crippen LogP contribution is 2.24. The number of aromatic nitrogens is 4. The van der Waals surface area contributed by atoms with Crippen LogP contribution in [0.3, 0.4) is 0 Å². The van der Waals surface area contributed by atoms with Gasteiger partial charge in [-0.2, -0.15) is 4.98 Å². The number of carbonyl (C=O) groups is 1. The fourth-order valence-corrected chi connectivity index (χ4v) is 2.22. The molecular formula is C13H12N6O3. The van der Waals surface area contributed by atoms with Gasteiger partial charge in [-0.1, -0.05) is 12.1 Å². The summed E-state index contributed by atoms with van der Waals surface area (Å²) in [5.41, 5.74) is 10.9. The van der Waals surface area contributed by atoms with Crippen LogP contribution in [0.2, 0.25) is 0 Å². The van der Waals surface area contributed by atoms with E-state index < -0.39 is 11.6 Å². The number of nitrogens with zero attached hydrogens (tertiary/aromatic N) is 3. The molecule has 9 nitrogen and oxygen atoms in total. The van der Waals surface area contributed by atoms with E-state index in [1.165, 1.54) is 11.7 Å². The molecular weight excluding hydrogens is 288 g/mol. The SMILES string of the molecule is COc1ccccc1-n1c(=O)[nH]c2c(C(N)=O)nc(N)nc21. The maximum Gasteiger partial charge on any atom is 0.332 e. The van der Waals surface area contributed by atoms with E-state index in [0.29, 0.717) is 11.4 Å². The molecule has 0 aliphatic rings. The van der Waals surface area contributed by atoms with E-state index >= 15 is 0 Å². The summed E-state index contributed by atoms with van der Waals surface area (Å²) < 4.78 is 6.49. The smallest absolute Gasteiger partial charge is 0.332 e. The number of hydrogen-bond donors (Lipinski definition) is 3. The molecule has 3 aromatic rings. The van der Waals surface area contributed by atoms with Crippen molar-refractivity contribution in [3.05, 3.63) is 40.4 Å². The number of aromatic amines is 1. The minimum atomic E-state index is -0.812. The van der Waals surface area contributed by atoms with E-state index in [2.05, 4.69) is 15.0 Å². The number of carbonyl (C=O) groups excluding carboxylic acids is 1. The van der Waals surface area contributed by atoms with Gasteiger partial charge in [-0.05, 0) is 12.1 Å². The molecule has 0 fully saturated rings. The molecule has 0 atom stereocenters. The Morgan fingerprint density at radius 2 is 2.05 bits per heavy atom. The lowest BCUT2D eigenvalue weighted by atomic mass is 10.3. The van der Waals surface area contributed by atoms with E-state index in [9.17, 15) is 9.59 Å². The topological polar surface area (TPSA) is 142 Å². The maximum absolute atomic E-state index is 12.3. The first-order valence-corrected chi connectivity index (χ1v) is 6.24. The Labute approximate surface area is 123 Å². The number of rotatable bonds is 3. The van der Waals surface area contributed by atoms with Crippen LogP contribution in [0.4, 0.5) is 5.95 Å². The number of H-pyrrole nitrogens is 1. The fourth-order valence-electron chi connectivity index (χ4n) is 2.22. The molecule has 0 aliphatic carbocycles. The lowest BCUT2D eigenvalue weighted by Crippen LogP contribution is -2.16. The first-order chi connectivity index (χ1) is 10.5. The number of fused-ring (bicyclic) bond motifs is 1. The van der Waals surface area contributed by atoms with Gasteiger partial charge in [-0.15, -0.1) is 0 Å². The van der Waals surface area contributed by atoms with Gasteiger partial charge in [0.05, 0.1) is 12.8 Å². The van der Waals surface area contributed by atoms with E-state index in [1.807, 2.05) is 0 Å². The summed E-state index contributed by atoms with van der Waals surface area (Å²) >= 11 is 0. The zero-order chi connectivity index (χ0) is 15.9. The van der Waals surface area contributed by atoms with E-state index in [-0.39, 0.29) is 22.8 Å². The van der Waals surface area contributed by atoms with Gasteiger partial charge in [-0.25, -0.2) is 14.3 Å². The number of amides is 1.